The maximum Gasteiger partial charge on any atom is 0.303 e. The van der Waals surface area contributed by atoms with Gasteiger partial charge in [0.15, 0.2) is 0 Å². The third-order valence-corrected chi connectivity index (χ3v) is 7.90. The van der Waals surface area contributed by atoms with Crippen molar-refractivity contribution in [3.63, 3.8) is 0 Å². The Balaban J connectivity index is 1.40. The maximum atomic E-state index is 12.8. The summed E-state index contributed by atoms with van der Waals surface area (Å²) in [4.78, 5) is 43.0. The fourth-order valence-corrected chi connectivity index (χ4v) is 5.58. The van der Waals surface area contributed by atoms with Gasteiger partial charge in [0.25, 0.3) is 11.5 Å². The first-order valence-electron chi connectivity index (χ1n) is 13.1. The third kappa shape index (κ3) is 6.01. The van der Waals surface area contributed by atoms with Crippen LogP contribution in [-0.4, -0.2) is 56.8 Å². The number of benzene rings is 2. The highest BCUT2D eigenvalue weighted by Crippen LogP contribution is 2.41. The van der Waals surface area contributed by atoms with Crippen LogP contribution >= 0.6 is 23.2 Å². The van der Waals surface area contributed by atoms with Gasteiger partial charge in [-0.3, -0.25) is 19.3 Å². The number of aromatic nitrogens is 3. The molecule has 10 nitrogen and oxygen atoms in total. The number of halogens is 2. The van der Waals surface area contributed by atoms with Crippen LogP contribution in [-0.2, 0) is 18.4 Å². The second-order valence-corrected chi connectivity index (χ2v) is 10.7. The molecule has 2 aromatic heterocycles. The predicted octanol–water partition coefficient (Wildman–Crippen LogP) is 4.98. The summed E-state index contributed by atoms with van der Waals surface area (Å²) in [5, 5.41) is 16.2. The number of rotatable bonds is 9. The van der Waals surface area contributed by atoms with Crippen LogP contribution in [0.25, 0.3) is 22.4 Å². The Kier molecular flexibility index (Phi) is 8.58. The molecule has 0 radical (unpaired) electrons. The molecule has 1 aliphatic rings. The Morgan fingerprint density at radius 3 is 2.43 bits per heavy atom. The van der Waals surface area contributed by atoms with Crippen molar-refractivity contribution in [1.29, 1.82) is 0 Å². The Bertz CT molecular complexity index is 1740. The highest BCUT2D eigenvalue weighted by Gasteiger charge is 2.29. The van der Waals surface area contributed by atoms with Crippen molar-refractivity contribution < 1.29 is 19.4 Å². The first-order chi connectivity index (χ1) is 20.2. The number of hydrogen-bond donors (Lipinski definition) is 2. The largest absolute Gasteiger partial charge is 0.481 e. The summed E-state index contributed by atoms with van der Waals surface area (Å²) in [7, 11) is 3.02. The number of aryl methyl sites for hydroxylation is 1. The molecule has 1 aliphatic heterocycles. The quantitative estimate of drug-likeness (QED) is 0.273. The lowest BCUT2D eigenvalue weighted by atomic mass is 9.96. The van der Waals surface area contributed by atoms with Gasteiger partial charge in [-0.05, 0) is 24.1 Å². The summed E-state index contributed by atoms with van der Waals surface area (Å²) in [5.41, 5.74) is 3.09. The standard InChI is InChI=1S/C30H27Cl2N5O5/c1-36-30(41)22(11-12-33-36)28(40)34-24-8-4-6-20(27(24)32)19-5-3-7-21(26(19)31)23-10-9-18(29(35-23)42-2)16-37-14-17(15-37)13-25(38)39/h3-12,17H,13-16H2,1-2H3,(H,34,40)(H,38,39). The summed E-state index contributed by atoms with van der Waals surface area (Å²) in [5.74, 6) is -0.773. The van der Waals surface area contributed by atoms with Gasteiger partial charge in [-0.2, -0.15) is 5.10 Å². The molecule has 0 aliphatic carbocycles. The van der Waals surface area contributed by atoms with Gasteiger partial charge in [0, 0.05) is 55.1 Å². The van der Waals surface area contributed by atoms with Gasteiger partial charge in [0.1, 0.15) is 5.56 Å². The number of nitrogens with one attached hydrogen (secondary N) is 1. The van der Waals surface area contributed by atoms with Crippen LogP contribution in [0, 0.1) is 5.92 Å². The van der Waals surface area contributed by atoms with E-state index in [0.29, 0.717) is 58.6 Å². The smallest absolute Gasteiger partial charge is 0.303 e. The minimum absolute atomic E-state index is 0.0633. The molecule has 42 heavy (non-hydrogen) atoms. The average molecular weight is 608 g/mol. The third-order valence-electron chi connectivity index (χ3n) is 7.08. The summed E-state index contributed by atoms with van der Waals surface area (Å²) in [6.45, 7) is 2.02. The van der Waals surface area contributed by atoms with Gasteiger partial charge >= 0.3 is 5.97 Å². The van der Waals surface area contributed by atoms with E-state index in [4.69, 9.17) is 38.0 Å². The Labute approximate surface area is 251 Å². The minimum Gasteiger partial charge on any atom is -0.481 e. The van der Waals surface area contributed by atoms with Crippen molar-refractivity contribution in [2.45, 2.75) is 13.0 Å². The van der Waals surface area contributed by atoms with Crippen LogP contribution in [0.5, 0.6) is 5.88 Å². The highest BCUT2D eigenvalue weighted by atomic mass is 35.5. The number of carboxylic acids is 1. The van der Waals surface area contributed by atoms with Gasteiger partial charge in [0.2, 0.25) is 5.88 Å². The molecule has 4 aromatic rings. The van der Waals surface area contributed by atoms with E-state index in [9.17, 15) is 14.4 Å². The van der Waals surface area contributed by atoms with Crippen LogP contribution < -0.4 is 15.6 Å². The van der Waals surface area contributed by atoms with Gasteiger partial charge < -0.3 is 15.2 Å². The molecule has 12 heteroatoms. The van der Waals surface area contributed by atoms with Gasteiger partial charge in [0.05, 0.1) is 35.0 Å². The Morgan fingerprint density at radius 1 is 1.02 bits per heavy atom. The number of hydrogen-bond acceptors (Lipinski definition) is 7. The molecule has 1 saturated heterocycles. The zero-order chi connectivity index (χ0) is 30.0. The normalized spacial score (nSPS) is 13.4. The average Bonchev–Trinajstić information content (AvgIpc) is 2.94. The Morgan fingerprint density at radius 2 is 1.71 bits per heavy atom. The topological polar surface area (TPSA) is 127 Å². The molecular formula is C30H27Cl2N5O5. The minimum atomic E-state index is -0.780. The van der Waals surface area contributed by atoms with Crippen molar-refractivity contribution in [2.75, 3.05) is 25.5 Å². The van der Waals surface area contributed by atoms with Crippen molar-refractivity contribution >= 4 is 40.8 Å². The van der Waals surface area contributed by atoms with Crippen LogP contribution in [0.3, 0.4) is 0 Å². The monoisotopic (exact) mass is 607 g/mol. The second kappa shape index (κ2) is 12.3. The zero-order valence-corrected chi connectivity index (χ0v) is 24.3. The van der Waals surface area contributed by atoms with Crippen molar-refractivity contribution in [2.24, 2.45) is 13.0 Å². The highest BCUT2D eigenvalue weighted by molar-refractivity contribution is 6.39. The maximum absolute atomic E-state index is 12.8. The molecule has 0 bridgehead atoms. The van der Waals surface area contributed by atoms with E-state index < -0.39 is 17.4 Å². The summed E-state index contributed by atoms with van der Waals surface area (Å²) in [6.07, 6.45) is 1.54. The summed E-state index contributed by atoms with van der Waals surface area (Å²) >= 11 is 13.7. The number of likely N-dealkylation sites (tertiary alicyclic amines) is 1. The van der Waals surface area contributed by atoms with Gasteiger partial charge in [-0.1, -0.05) is 59.6 Å². The number of carbonyl (C=O) groups excluding carboxylic acids is 1. The number of pyridine rings is 1. The molecule has 3 heterocycles. The molecule has 5 rings (SSSR count). The molecule has 1 amide bonds. The molecule has 2 N–H and O–H groups in total. The molecule has 0 unspecified atom stereocenters. The van der Waals surface area contributed by atoms with Crippen LogP contribution in [0.1, 0.15) is 22.3 Å². The van der Waals surface area contributed by atoms with Gasteiger partial charge in [-0.15, -0.1) is 0 Å². The molecule has 216 valence electrons. The SMILES string of the molecule is COc1nc(-c2cccc(-c3cccc(NC(=O)c4ccnn(C)c4=O)c3Cl)c2Cl)ccc1CN1CC(CC(=O)O)C1. The molecular weight excluding hydrogens is 581 g/mol. The number of amides is 1. The van der Waals surface area contributed by atoms with Crippen LogP contribution in [0.4, 0.5) is 5.69 Å². The number of nitrogens with zero attached hydrogens (tertiary/aromatic N) is 4. The molecule has 2 aromatic carbocycles. The molecule has 1 fully saturated rings. The van der Waals surface area contributed by atoms with E-state index in [1.165, 1.54) is 19.3 Å². The lowest BCUT2D eigenvalue weighted by molar-refractivity contribution is -0.139. The van der Waals surface area contributed by atoms with E-state index >= 15 is 0 Å². The Hall–Kier alpha value is -4.25. The van der Waals surface area contributed by atoms with E-state index in [0.717, 1.165) is 10.2 Å². The van der Waals surface area contributed by atoms with Crippen LogP contribution in [0.2, 0.25) is 10.0 Å². The van der Waals surface area contributed by atoms with Crippen molar-refractivity contribution in [1.82, 2.24) is 19.7 Å². The molecule has 0 spiro atoms. The number of carbonyl (C=O) groups is 2. The number of anilines is 1. The zero-order valence-electron chi connectivity index (χ0n) is 22.8. The lowest BCUT2D eigenvalue weighted by Crippen LogP contribution is -2.46. The fourth-order valence-electron chi connectivity index (χ4n) is 4.98. The lowest BCUT2D eigenvalue weighted by Gasteiger charge is -2.38. The number of carboxylic acid groups (broad SMARTS) is 1. The summed E-state index contributed by atoms with van der Waals surface area (Å²) < 4.78 is 6.66. The van der Waals surface area contributed by atoms with E-state index in [1.807, 2.05) is 30.3 Å². The molecule has 0 atom stereocenters. The van der Waals surface area contributed by atoms with Crippen LogP contribution in [0.15, 0.2) is 65.6 Å². The first-order valence-corrected chi connectivity index (χ1v) is 13.8. The summed E-state index contributed by atoms with van der Waals surface area (Å²) in [6, 6.07) is 15.8. The van der Waals surface area contributed by atoms with Gasteiger partial charge in [-0.25, -0.2) is 9.67 Å². The van der Waals surface area contributed by atoms with E-state index in [2.05, 4.69) is 15.3 Å². The molecule has 0 saturated carbocycles. The first kappa shape index (κ1) is 29.2. The van der Waals surface area contributed by atoms with Crippen molar-refractivity contribution in [3.05, 3.63) is 92.3 Å². The number of methoxy groups -OCH3 is 1. The van der Waals surface area contributed by atoms with E-state index in [1.54, 1.807) is 25.3 Å². The number of aliphatic carboxylic acids is 1. The fraction of sp³-hybridized carbons (Fsp3) is 0.233. The van der Waals surface area contributed by atoms with E-state index in [-0.39, 0.29) is 22.9 Å². The second-order valence-electron chi connectivity index (χ2n) is 9.98. The number of ether oxygens (including phenoxy) is 1. The predicted molar refractivity (Wildman–Crippen MR) is 160 cm³/mol. The van der Waals surface area contributed by atoms with Crippen molar-refractivity contribution in [3.8, 4) is 28.3 Å².